The van der Waals surface area contributed by atoms with E-state index < -0.39 is 23.8 Å². The molecule has 0 saturated heterocycles. The molecule has 8 heteroatoms. The Morgan fingerprint density at radius 1 is 1.29 bits per heavy atom. The van der Waals surface area contributed by atoms with Gasteiger partial charge in [-0.25, -0.2) is 4.79 Å². The first kappa shape index (κ1) is 22.1. The molecule has 0 spiro atoms. The predicted octanol–water partition coefficient (Wildman–Crippen LogP) is 2.48. The summed E-state index contributed by atoms with van der Waals surface area (Å²) in [7, 11) is 1.29. The summed E-state index contributed by atoms with van der Waals surface area (Å²) in [6, 6.07) is 7.06. The lowest BCUT2D eigenvalue weighted by Gasteiger charge is -2.32. The van der Waals surface area contributed by atoms with Gasteiger partial charge in [0.1, 0.15) is 5.92 Å². The van der Waals surface area contributed by atoms with Gasteiger partial charge in [-0.05, 0) is 25.5 Å². The van der Waals surface area contributed by atoms with E-state index in [9.17, 15) is 9.59 Å². The van der Waals surface area contributed by atoms with E-state index in [1.54, 1.807) is 38.1 Å². The third-order valence-corrected chi connectivity index (χ3v) is 4.75. The molecule has 2 N–H and O–H groups in total. The Kier molecular flexibility index (Phi) is 8.17. The van der Waals surface area contributed by atoms with Crippen molar-refractivity contribution in [1.82, 2.24) is 0 Å². The van der Waals surface area contributed by atoms with Gasteiger partial charge in [0.05, 0.1) is 38.2 Å². The third-order valence-electron chi connectivity index (χ3n) is 4.40. The molecule has 1 aromatic rings. The summed E-state index contributed by atoms with van der Waals surface area (Å²) >= 11 is 6.43. The molecular formula is C20H25ClN2O5. The number of rotatable bonds is 8. The highest BCUT2D eigenvalue weighted by Gasteiger charge is 2.44. The molecule has 152 valence electrons. The van der Waals surface area contributed by atoms with Gasteiger partial charge < -0.3 is 19.9 Å². The second-order valence-corrected chi connectivity index (χ2v) is 6.57. The second kappa shape index (κ2) is 10.4. The highest BCUT2D eigenvalue weighted by Crippen LogP contribution is 2.42. The van der Waals surface area contributed by atoms with Crippen molar-refractivity contribution in [3.8, 4) is 0 Å². The van der Waals surface area contributed by atoms with Gasteiger partial charge in [0.2, 0.25) is 0 Å². The smallest absolute Gasteiger partial charge is 0.336 e. The molecule has 1 heterocycles. The Balaban J connectivity index is 2.64. The van der Waals surface area contributed by atoms with E-state index in [2.05, 4.69) is 4.99 Å². The lowest BCUT2D eigenvalue weighted by molar-refractivity contribution is -0.146. The third kappa shape index (κ3) is 4.79. The number of nitrogens with two attached hydrogens (primary N) is 1. The van der Waals surface area contributed by atoms with Crippen LogP contribution in [-0.2, 0) is 23.8 Å². The van der Waals surface area contributed by atoms with E-state index in [1.807, 2.05) is 0 Å². The van der Waals surface area contributed by atoms with E-state index in [-0.39, 0.29) is 18.8 Å². The Hall–Kier alpha value is -2.22. The van der Waals surface area contributed by atoms with Crippen molar-refractivity contribution >= 4 is 29.3 Å². The quantitative estimate of drug-likeness (QED) is 0.524. The van der Waals surface area contributed by atoms with Crippen molar-refractivity contribution in [2.75, 3.05) is 33.5 Å². The number of methoxy groups -OCH3 is 1. The van der Waals surface area contributed by atoms with E-state index in [0.717, 1.165) is 0 Å². The number of allylic oxidation sites excluding steroid dienone is 1. The van der Waals surface area contributed by atoms with Gasteiger partial charge in [-0.3, -0.25) is 9.79 Å². The topological polar surface area (TPSA) is 100 Å². The van der Waals surface area contributed by atoms with Crippen LogP contribution in [-0.4, -0.2) is 51.1 Å². The summed E-state index contributed by atoms with van der Waals surface area (Å²) in [6.07, 6.45) is 0. The molecule has 0 bridgehead atoms. The predicted molar refractivity (Wildman–Crippen MR) is 106 cm³/mol. The summed E-state index contributed by atoms with van der Waals surface area (Å²) in [6.45, 7) is 4.35. The lowest BCUT2D eigenvalue weighted by Crippen LogP contribution is -2.39. The maximum absolute atomic E-state index is 12.9. The normalized spacial score (nSPS) is 19.2. The number of carbonyl (C=O) groups excluding carboxylic acids is 2. The minimum Gasteiger partial charge on any atom is -0.466 e. The van der Waals surface area contributed by atoms with Gasteiger partial charge in [0.25, 0.3) is 0 Å². The fraction of sp³-hybridized carbons (Fsp3) is 0.450. The molecule has 28 heavy (non-hydrogen) atoms. The zero-order chi connectivity index (χ0) is 20.7. The molecule has 2 atom stereocenters. The minimum atomic E-state index is -0.865. The van der Waals surface area contributed by atoms with E-state index in [1.165, 1.54) is 7.11 Å². The van der Waals surface area contributed by atoms with Gasteiger partial charge >= 0.3 is 11.9 Å². The number of hydrogen-bond acceptors (Lipinski definition) is 7. The number of ether oxygens (including phenoxy) is 3. The molecule has 0 amide bonds. The molecule has 0 aromatic heterocycles. The molecule has 1 aliphatic rings. The van der Waals surface area contributed by atoms with Gasteiger partial charge in [-0.1, -0.05) is 29.8 Å². The fourth-order valence-electron chi connectivity index (χ4n) is 3.26. The van der Waals surface area contributed by atoms with E-state index in [0.29, 0.717) is 35.1 Å². The average Bonchev–Trinajstić information content (AvgIpc) is 2.67. The van der Waals surface area contributed by atoms with Crippen LogP contribution in [0, 0.1) is 5.92 Å². The molecule has 0 aliphatic carbocycles. The van der Waals surface area contributed by atoms with Gasteiger partial charge in [0.15, 0.2) is 0 Å². The molecule has 1 unspecified atom stereocenters. The Morgan fingerprint density at radius 2 is 2.00 bits per heavy atom. The van der Waals surface area contributed by atoms with Crippen LogP contribution in [0.1, 0.15) is 25.3 Å². The molecular weight excluding hydrogens is 384 g/mol. The second-order valence-electron chi connectivity index (χ2n) is 6.16. The van der Waals surface area contributed by atoms with Crippen molar-refractivity contribution in [2.45, 2.75) is 19.8 Å². The first-order valence-electron chi connectivity index (χ1n) is 9.01. The summed E-state index contributed by atoms with van der Waals surface area (Å²) in [5.74, 6) is -2.64. The molecule has 0 fully saturated rings. The van der Waals surface area contributed by atoms with Crippen LogP contribution in [0.3, 0.4) is 0 Å². The lowest BCUT2D eigenvalue weighted by atomic mass is 9.75. The zero-order valence-electron chi connectivity index (χ0n) is 16.2. The van der Waals surface area contributed by atoms with Crippen molar-refractivity contribution in [3.63, 3.8) is 0 Å². The highest BCUT2D eigenvalue weighted by molar-refractivity contribution is 6.31. The van der Waals surface area contributed by atoms with Crippen LogP contribution in [0.4, 0.5) is 0 Å². The zero-order valence-corrected chi connectivity index (χ0v) is 17.0. The number of nitrogens with zero attached hydrogens (tertiary/aromatic N) is 1. The van der Waals surface area contributed by atoms with Crippen LogP contribution < -0.4 is 5.73 Å². The van der Waals surface area contributed by atoms with Gasteiger partial charge in [-0.15, -0.1) is 0 Å². The molecule has 1 aliphatic heterocycles. The van der Waals surface area contributed by atoms with E-state index >= 15 is 0 Å². The highest BCUT2D eigenvalue weighted by atomic mass is 35.5. The van der Waals surface area contributed by atoms with E-state index in [4.69, 9.17) is 31.5 Å². The minimum absolute atomic E-state index is 0.0907. The van der Waals surface area contributed by atoms with Crippen LogP contribution in [0.25, 0.3) is 0 Å². The van der Waals surface area contributed by atoms with Crippen molar-refractivity contribution in [3.05, 3.63) is 46.1 Å². The molecule has 1 aromatic carbocycles. The first-order valence-corrected chi connectivity index (χ1v) is 9.39. The number of hydrogen-bond donors (Lipinski definition) is 1. The summed E-state index contributed by atoms with van der Waals surface area (Å²) in [4.78, 5) is 30.0. The fourth-order valence-corrected chi connectivity index (χ4v) is 3.52. The Bertz CT molecular complexity index is 791. The number of aliphatic imine (C=N–C) groups is 1. The maximum atomic E-state index is 12.9. The summed E-state index contributed by atoms with van der Waals surface area (Å²) < 4.78 is 15.8. The van der Waals surface area contributed by atoms with Crippen molar-refractivity contribution in [1.29, 1.82) is 0 Å². The van der Waals surface area contributed by atoms with Gasteiger partial charge in [-0.2, -0.15) is 0 Å². The summed E-state index contributed by atoms with van der Waals surface area (Å²) in [5, 5.41) is 0.431. The van der Waals surface area contributed by atoms with Crippen LogP contribution in [0.5, 0.6) is 0 Å². The van der Waals surface area contributed by atoms with Crippen LogP contribution in [0.2, 0.25) is 5.02 Å². The standard InChI is InChI=1S/C20H25ClN2O5/c1-4-28-20(25)18-15(11-27-10-9-22)23-12(2)16(19(24)26-3)17(18)13-7-5-6-8-14(13)21/h5-8,17-18H,4,9-11,22H2,1-3H3/t17-,18?/m1/s1. The molecule has 0 saturated carbocycles. The monoisotopic (exact) mass is 408 g/mol. The molecule has 2 rings (SSSR count). The Morgan fingerprint density at radius 3 is 2.61 bits per heavy atom. The summed E-state index contributed by atoms with van der Waals surface area (Å²) in [5.41, 5.74) is 7.29. The van der Waals surface area contributed by atoms with Crippen LogP contribution >= 0.6 is 11.6 Å². The number of esters is 2. The molecule has 7 nitrogen and oxygen atoms in total. The maximum Gasteiger partial charge on any atom is 0.336 e. The van der Waals surface area contributed by atoms with Crippen molar-refractivity contribution < 1.29 is 23.8 Å². The Labute approximate surface area is 169 Å². The van der Waals surface area contributed by atoms with Crippen LogP contribution in [0.15, 0.2) is 40.5 Å². The molecule has 0 radical (unpaired) electrons. The van der Waals surface area contributed by atoms with Crippen molar-refractivity contribution in [2.24, 2.45) is 16.6 Å². The van der Waals surface area contributed by atoms with Gasteiger partial charge in [0, 0.05) is 23.2 Å². The largest absolute Gasteiger partial charge is 0.466 e. The number of benzene rings is 1. The first-order chi connectivity index (χ1) is 13.5. The SMILES string of the molecule is CCOC(=O)C1C(COCCN)=NC(C)=C(C(=O)OC)[C@H]1c1ccccc1Cl. The number of halogens is 1. The average molecular weight is 409 g/mol. The number of carbonyl (C=O) groups is 2.